The molecule has 22 heavy (non-hydrogen) atoms. The lowest BCUT2D eigenvalue weighted by atomic mass is 10.1. The van der Waals surface area contributed by atoms with Crippen LogP contribution in [-0.2, 0) is 29.5 Å². The van der Waals surface area contributed by atoms with Crippen LogP contribution >= 0.6 is 0 Å². The van der Waals surface area contributed by atoms with E-state index in [1.54, 1.807) is 26.0 Å². The third-order valence-corrected chi connectivity index (χ3v) is 3.53. The van der Waals surface area contributed by atoms with E-state index < -0.39 is 5.97 Å². The number of fused-ring (bicyclic) bond motifs is 1. The largest absolute Gasteiger partial charge is 0.461 e. The first-order valence-electron chi connectivity index (χ1n) is 7.32. The van der Waals surface area contributed by atoms with Crippen LogP contribution in [0, 0.1) is 0 Å². The lowest BCUT2D eigenvalue weighted by molar-refractivity contribution is 0.0511. The highest BCUT2D eigenvalue weighted by atomic mass is 16.5. The summed E-state index contributed by atoms with van der Waals surface area (Å²) < 4.78 is 11.5. The molecular formula is C14H22N4O4. The molecular weight excluding hydrogens is 288 g/mol. The molecule has 8 nitrogen and oxygen atoms in total. The summed E-state index contributed by atoms with van der Waals surface area (Å²) in [4.78, 5) is 25.8. The summed E-state index contributed by atoms with van der Waals surface area (Å²) in [6.07, 6.45) is 0.625. The quantitative estimate of drug-likeness (QED) is 0.625. The van der Waals surface area contributed by atoms with Crippen LogP contribution in [0.15, 0.2) is 0 Å². The molecule has 2 heterocycles. The van der Waals surface area contributed by atoms with Gasteiger partial charge in [-0.1, -0.05) is 0 Å². The van der Waals surface area contributed by atoms with E-state index in [0.29, 0.717) is 45.0 Å². The van der Waals surface area contributed by atoms with E-state index in [2.05, 4.69) is 10.4 Å². The number of methoxy groups -OCH3 is 1. The average Bonchev–Trinajstić information content (AvgIpc) is 2.82. The minimum Gasteiger partial charge on any atom is -0.461 e. The fraction of sp³-hybridized carbons (Fsp3) is 0.643. The van der Waals surface area contributed by atoms with Crippen LogP contribution < -0.4 is 5.32 Å². The van der Waals surface area contributed by atoms with E-state index in [9.17, 15) is 9.59 Å². The molecule has 1 aromatic heterocycles. The summed E-state index contributed by atoms with van der Waals surface area (Å²) in [6, 6.07) is -0.165. The Hall–Kier alpha value is -2.09. The van der Waals surface area contributed by atoms with Gasteiger partial charge in [-0.2, -0.15) is 5.10 Å². The van der Waals surface area contributed by atoms with Gasteiger partial charge in [-0.25, -0.2) is 9.59 Å². The maximum absolute atomic E-state index is 12.1. The van der Waals surface area contributed by atoms with Crippen molar-refractivity contribution in [2.24, 2.45) is 7.05 Å². The number of hydrogen-bond acceptors (Lipinski definition) is 5. The fourth-order valence-corrected chi connectivity index (χ4v) is 2.50. The summed E-state index contributed by atoms with van der Waals surface area (Å²) in [5.74, 6) is -0.402. The standard InChI is InChI=1S/C14H22N4O4/c1-4-22-13(19)12-10-9-18(14(20)15-6-8-21-3)7-5-11(10)16-17(12)2/h4-9H2,1-3H3,(H,15,20). The van der Waals surface area contributed by atoms with Gasteiger partial charge in [-0.05, 0) is 6.92 Å². The third-order valence-electron chi connectivity index (χ3n) is 3.53. The van der Waals surface area contributed by atoms with Gasteiger partial charge in [-0.3, -0.25) is 4.68 Å². The van der Waals surface area contributed by atoms with Crippen molar-refractivity contribution in [3.63, 3.8) is 0 Å². The Labute approximate surface area is 129 Å². The Morgan fingerprint density at radius 1 is 1.41 bits per heavy atom. The highest BCUT2D eigenvalue weighted by Gasteiger charge is 2.29. The zero-order valence-electron chi connectivity index (χ0n) is 13.2. The van der Waals surface area contributed by atoms with E-state index in [4.69, 9.17) is 9.47 Å². The minimum absolute atomic E-state index is 0.165. The molecule has 1 aliphatic heterocycles. The second-order valence-electron chi connectivity index (χ2n) is 5.01. The Balaban J connectivity index is 2.11. The summed E-state index contributed by atoms with van der Waals surface area (Å²) in [7, 11) is 3.30. The number of carbonyl (C=O) groups excluding carboxylic acids is 2. The van der Waals surface area contributed by atoms with E-state index in [1.807, 2.05) is 0 Å². The molecule has 0 unspecified atom stereocenters. The van der Waals surface area contributed by atoms with Crippen molar-refractivity contribution in [1.82, 2.24) is 20.0 Å². The van der Waals surface area contributed by atoms with Crippen LogP contribution in [0.25, 0.3) is 0 Å². The molecule has 1 aliphatic rings. The number of nitrogens with one attached hydrogen (secondary N) is 1. The molecule has 0 saturated carbocycles. The highest BCUT2D eigenvalue weighted by molar-refractivity contribution is 5.90. The lowest BCUT2D eigenvalue weighted by Crippen LogP contribution is -2.43. The van der Waals surface area contributed by atoms with Gasteiger partial charge in [0.25, 0.3) is 0 Å². The number of nitrogens with zero attached hydrogens (tertiary/aromatic N) is 3. The number of aryl methyl sites for hydroxylation is 1. The molecule has 0 bridgehead atoms. The van der Waals surface area contributed by atoms with E-state index >= 15 is 0 Å². The van der Waals surface area contributed by atoms with Gasteiger partial charge in [0.05, 0.1) is 25.5 Å². The van der Waals surface area contributed by atoms with Gasteiger partial charge >= 0.3 is 12.0 Å². The molecule has 0 aliphatic carbocycles. The number of esters is 1. The summed E-state index contributed by atoms with van der Waals surface area (Å²) in [5.41, 5.74) is 2.05. The maximum Gasteiger partial charge on any atom is 0.356 e. The first kappa shape index (κ1) is 16.3. The highest BCUT2D eigenvalue weighted by Crippen LogP contribution is 2.22. The van der Waals surface area contributed by atoms with Crippen molar-refractivity contribution in [2.75, 3.05) is 33.4 Å². The van der Waals surface area contributed by atoms with Crippen LogP contribution in [0.3, 0.4) is 0 Å². The number of rotatable bonds is 5. The summed E-state index contributed by atoms with van der Waals surface area (Å²) in [6.45, 7) is 3.92. The SMILES string of the molecule is CCOC(=O)c1c2c(nn1C)CCN(C(=O)NCCOC)C2. The van der Waals surface area contributed by atoms with Crippen LogP contribution in [0.5, 0.6) is 0 Å². The smallest absolute Gasteiger partial charge is 0.356 e. The van der Waals surface area contributed by atoms with Crippen LogP contribution in [0.4, 0.5) is 4.79 Å². The molecule has 0 radical (unpaired) electrons. The normalized spacial score (nSPS) is 13.7. The number of aromatic nitrogens is 2. The molecule has 1 N–H and O–H groups in total. The minimum atomic E-state index is -0.402. The molecule has 1 aromatic rings. The predicted molar refractivity (Wildman–Crippen MR) is 78.6 cm³/mol. The molecule has 8 heteroatoms. The van der Waals surface area contributed by atoms with Gasteiger partial charge in [0.1, 0.15) is 0 Å². The van der Waals surface area contributed by atoms with Crippen LogP contribution in [0.1, 0.15) is 28.7 Å². The third kappa shape index (κ3) is 3.38. The first-order chi connectivity index (χ1) is 10.6. The Morgan fingerprint density at radius 2 is 2.18 bits per heavy atom. The summed E-state index contributed by atoms with van der Waals surface area (Å²) >= 11 is 0. The van der Waals surface area contributed by atoms with Gasteiger partial charge in [0.2, 0.25) is 0 Å². The second kappa shape index (κ2) is 7.26. The number of ether oxygens (including phenoxy) is 2. The molecule has 0 aromatic carbocycles. The van der Waals surface area contributed by atoms with E-state index in [0.717, 1.165) is 11.3 Å². The van der Waals surface area contributed by atoms with E-state index in [1.165, 1.54) is 4.68 Å². The van der Waals surface area contributed by atoms with Crippen molar-refractivity contribution in [1.29, 1.82) is 0 Å². The van der Waals surface area contributed by atoms with Crippen LogP contribution in [-0.4, -0.2) is 60.1 Å². The van der Waals surface area contributed by atoms with Gasteiger partial charge in [0.15, 0.2) is 5.69 Å². The zero-order chi connectivity index (χ0) is 16.1. The molecule has 2 amide bonds. The van der Waals surface area contributed by atoms with Gasteiger partial charge < -0.3 is 19.7 Å². The Bertz CT molecular complexity index is 555. The zero-order valence-corrected chi connectivity index (χ0v) is 13.2. The van der Waals surface area contributed by atoms with Gasteiger partial charge in [-0.15, -0.1) is 0 Å². The topological polar surface area (TPSA) is 85.7 Å². The van der Waals surface area contributed by atoms with Crippen molar-refractivity contribution < 1.29 is 19.1 Å². The molecule has 0 spiro atoms. The Morgan fingerprint density at radius 3 is 2.86 bits per heavy atom. The average molecular weight is 310 g/mol. The molecule has 2 rings (SSSR count). The monoisotopic (exact) mass is 310 g/mol. The number of hydrogen-bond donors (Lipinski definition) is 1. The molecule has 122 valence electrons. The van der Waals surface area contributed by atoms with Gasteiger partial charge in [0, 0.05) is 39.2 Å². The van der Waals surface area contributed by atoms with Crippen molar-refractivity contribution in [2.45, 2.75) is 19.9 Å². The molecule has 0 saturated heterocycles. The first-order valence-corrected chi connectivity index (χ1v) is 7.32. The predicted octanol–water partition coefficient (Wildman–Crippen LogP) is 0.311. The fourth-order valence-electron chi connectivity index (χ4n) is 2.50. The Kier molecular flexibility index (Phi) is 5.37. The lowest BCUT2D eigenvalue weighted by Gasteiger charge is -2.26. The van der Waals surface area contributed by atoms with Crippen molar-refractivity contribution in [3.8, 4) is 0 Å². The summed E-state index contributed by atoms with van der Waals surface area (Å²) in [5, 5.41) is 7.14. The molecule has 0 fully saturated rings. The second-order valence-corrected chi connectivity index (χ2v) is 5.01. The maximum atomic E-state index is 12.1. The van der Waals surface area contributed by atoms with Crippen molar-refractivity contribution in [3.05, 3.63) is 17.0 Å². The number of urea groups is 1. The molecule has 0 atom stereocenters. The number of amides is 2. The van der Waals surface area contributed by atoms with Crippen LogP contribution in [0.2, 0.25) is 0 Å². The van der Waals surface area contributed by atoms with Crippen molar-refractivity contribution >= 4 is 12.0 Å². The van der Waals surface area contributed by atoms with E-state index in [-0.39, 0.29) is 6.03 Å². The number of carbonyl (C=O) groups is 2.